The molecule has 0 unspecified atom stereocenters. The summed E-state index contributed by atoms with van der Waals surface area (Å²) in [7, 11) is 0. The van der Waals surface area contributed by atoms with Crippen molar-refractivity contribution >= 4 is 23.4 Å². The number of hydrogen-bond donors (Lipinski definition) is 1. The molecule has 2 aromatic rings. The van der Waals surface area contributed by atoms with Gasteiger partial charge in [-0.3, -0.25) is 9.59 Å². The van der Waals surface area contributed by atoms with Crippen molar-refractivity contribution < 1.29 is 40.7 Å². The molecule has 0 spiro atoms. The molecule has 1 saturated carbocycles. The van der Waals surface area contributed by atoms with Crippen LogP contribution >= 0.6 is 11.6 Å². The number of carbonyl (C=O) groups is 2. The van der Waals surface area contributed by atoms with E-state index >= 15 is 0 Å². The largest absolute Gasteiger partial charge is 0.416 e. The van der Waals surface area contributed by atoms with Crippen LogP contribution in [0.2, 0.25) is 0 Å². The molecule has 3 atom stereocenters. The van der Waals surface area contributed by atoms with Crippen molar-refractivity contribution in [3.05, 3.63) is 70.8 Å². The third-order valence-corrected chi connectivity index (χ3v) is 9.04. The Morgan fingerprint density at radius 3 is 2.13 bits per heavy atom. The number of piperidine rings is 1. The van der Waals surface area contributed by atoms with Crippen LogP contribution in [0.15, 0.2) is 48.5 Å². The van der Waals surface area contributed by atoms with Crippen LogP contribution in [-0.4, -0.2) is 47.8 Å². The van der Waals surface area contributed by atoms with E-state index in [9.17, 15) is 35.9 Å². The summed E-state index contributed by atoms with van der Waals surface area (Å²) < 4.78 is 87.1. The third-order valence-electron chi connectivity index (χ3n) is 8.78. The first-order valence-electron chi connectivity index (χ1n) is 15.4. The fraction of sp³-hybridized carbons (Fsp3) is 0.576. The van der Waals surface area contributed by atoms with Gasteiger partial charge in [0, 0.05) is 43.3 Å². The molecule has 5 nitrogen and oxygen atoms in total. The normalized spacial score (nSPS) is 23.4. The third kappa shape index (κ3) is 9.61. The number of nitrogens with one attached hydrogen (secondary N) is 1. The Hall–Kier alpha value is -2.79. The number of unbranched alkanes of at least 4 members (excludes halogenated alkanes) is 1. The first kappa shape index (κ1) is 35.1. The predicted molar refractivity (Wildman–Crippen MR) is 159 cm³/mol. The summed E-state index contributed by atoms with van der Waals surface area (Å²) in [5.41, 5.74) is -2.12. The van der Waals surface area contributed by atoms with Crippen molar-refractivity contribution in [2.75, 3.05) is 19.0 Å². The van der Waals surface area contributed by atoms with E-state index in [0.29, 0.717) is 69.6 Å². The highest BCUT2D eigenvalue weighted by Gasteiger charge is 2.40. The van der Waals surface area contributed by atoms with Crippen LogP contribution in [0.1, 0.15) is 92.6 Å². The molecule has 4 rings (SSSR count). The van der Waals surface area contributed by atoms with Gasteiger partial charge in [0.15, 0.2) is 0 Å². The van der Waals surface area contributed by atoms with E-state index in [0.717, 1.165) is 18.4 Å². The molecular weight excluding hydrogens is 622 g/mol. The van der Waals surface area contributed by atoms with Gasteiger partial charge in [-0.05, 0) is 81.2 Å². The number of alkyl halides is 7. The molecule has 0 radical (unpaired) electrons. The van der Waals surface area contributed by atoms with Gasteiger partial charge in [-0.15, -0.1) is 11.6 Å². The van der Waals surface area contributed by atoms with Crippen molar-refractivity contribution in [3.63, 3.8) is 0 Å². The SMILES string of the molecule is C[C@@H](O[C@H]1CCN(C(=O)C2CCC(NC(=O)CCCCCl)CC2)C[C@H]1c1ccccc1)c1cc(C(F)(F)F)cc(C(F)(F)F)c1. The van der Waals surface area contributed by atoms with Gasteiger partial charge in [-0.25, -0.2) is 0 Å². The highest BCUT2D eigenvalue weighted by atomic mass is 35.5. The van der Waals surface area contributed by atoms with Gasteiger partial charge in [0.05, 0.1) is 23.3 Å². The molecule has 0 aromatic heterocycles. The maximum atomic E-state index is 13.6. The molecule has 45 heavy (non-hydrogen) atoms. The quantitative estimate of drug-likeness (QED) is 0.159. The average Bonchev–Trinajstić information content (AvgIpc) is 3.00. The molecule has 2 aliphatic rings. The van der Waals surface area contributed by atoms with Crippen molar-refractivity contribution in [1.82, 2.24) is 10.2 Å². The van der Waals surface area contributed by atoms with Crippen LogP contribution < -0.4 is 5.32 Å². The molecule has 2 aromatic carbocycles. The Labute approximate surface area is 264 Å². The lowest BCUT2D eigenvalue weighted by Gasteiger charge is -2.42. The van der Waals surface area contributed by atoms with E-state index in [4.69, 9.17) is 16.3 Å². The zero-order chi connectivity index (χ0) is 32.8. The molecular formula is C33H39ClF6N2O3. The fourth-order valence-electron chi connectivity index (χ4n) is 6.29. The van der Waals surface area contributed by atoms with E-state index in [-0.39, 0.29) is 41.3 Å². The Balaban J connectivity index is 1.43. The number of halogens is 7. The maximum Gasteiger partial charge on any atom is 0.416 e. The predicted octanol–water partition coefficient (Wildman–Crippen LogP) is 8.27. The summed E-state index contributed by atoms with van der Waals surface area (Å²) in [4.78, 5) is 27.6. The average molecular weight is 661 g/mol. The van der Waals surface area contributed by atoms with Gasteiger partial charge in [-0.2, -0.15) is 26.3 Å². The van der Waals surface area contributed by atoms with E-state index in [1.165, 1.54) is 6.92 Å². The molecule has 12 heteroatoms. The topological polar surface area (TPSA) is 58.6 Å². The van der Waals surface area contributed by atoms with Crippen LogP contribution in [0, 0.1) is 5.92 Å². The second-order valence-electron chi connectivity index (χ2n) is 12.0. The number of hydrogen-bond acceptors (Lipinski definition) is 3. The lowest BCUT2D eigenvalue weighted by Crippen LogP contribution is -2.49. The molecule has 1 N–H and O–H groups in total. The zero-order valence-corrected chi connectivity index (χ0v) is 25.9. The molecule has 1 aliphatic heterocycles. The summed E-state index contributed by atoms with van der Waals surface area (Å²) in [6.07, 6.45) is -6.50. The lowest BCUT2D eigenvalue weighted by atomic mass is 9.83. The Morgan fingerprint density at radius 1 is 0.933 bits per heavy atom. The van der Waals surface area contributed by atoms with Crippen LogP contribution in [-0.2, 0) is 26.7 Å². The van der Waals surface area contributed by atoms with Gasteiger partial charge >= 0.3 is 12.4 Å². The van der Waals surface area contributed by atoms with Gasteiger partial charge in [0.2, 0.25) is 11.8 Å². The van der Waals surface area contributed by atoms with Crippen molar-refractivity contribution in [2.24, 2.45) is 5.92 Å². The van der Waals surface area contributed by atoms with Crippen molar-refractivity contribution in [1.29, 1.82) is 0 Å². The smallest absolute Gasteiger partial charge is 0.370 e. The van der Waals surface area contributed by atoms with E-state index < -0.39 is 35.7 Å². The van der Waals surface area contributed by atoms with E-state index in [1.54, 1.807) is 4.90 Å². The molecule has 1 aliphatic carbocycles. The summed E-state index contributed by atoms with van der Waals surface area (Å²) in [5.74, 6) is 0.0155. The summed E-state index contributed by atoms with van der Waals surface area (Å²) in [6.45, 7) is 2.12. The minimum atomic E-state index is -4.96. The minimum Gasteiger partial charge on any atom is -0.370 e. The fourth-order valence-corrected chi connectivity index (χ4v) is 6.48. The number of carbonyl (C=O) groups excluding carboxylic acids is 2. The maximum absolute atomic E-state index is 13.6. The number of rotatable bonds is 10. The van der Waals surface area contributed by atoms with Gasteiger partial charge in [0.25, 0.3) is 0 Å². The zero-order valence-electron chi connectivity index (χ0n) is 25.1. The molecule has 0 bridgehead atoms. The van der Waals surface area contributed by atoms with Gasteiger partial charge in [-0.1, -0.05) is 30.3 Å². The molecule has 2 fully saturated rings. The van der Waals surface area contributed by atoms with E-state index in [2.05, 4.69) is 5.32 Å². The lowest BCUT2D eigenvalue weighted by molar-refractivity contribution is -0.143. The molecule has 248 valence electrons. The first-order valence-corrected chi connectivity index (χ1v) is 15.9. The number of nitrogens with zero attached hydrogens (tertiary/aromatic N) is 1. The van der Waals surface area contributed by atoms with Crippen molar-refractivity contribution in [2.45, 2.75) is 94.8 Å². The van der Waals surface area contributed by atoms with Gasteiger partial charge in [0.1, 0.15) is 0 Å². The Bertz CT molecular complexity index is 1250. The van der Waals surface area contributed by atoms with Gasteiger partial charge < -0.3 is 15.0 Å². The second kappa shape index (κ2) is 15.2. The van der Waals surface area contributed by atoms with Crippen LogP contribution in [0.4, 0.5) is 26.3 Å². The standard InChI is InChI=1S/C33H39ClF6N2O3/c1-21(24-17-25(32(35,36)37)19-26(18-24)33(38,39)40)45-29-14-16-42(20-28(29)22-7-3-2-4-8-22)31(44)23-10-12-27(13-11-23)41-30(43)9-5-6-15-34/h2-4,7-8,17-19,21,23,27-29H,5-6,9-16,20H2,1H3,(H,41,43)/t21-,23?,27?,28+,29+/m1/s1. The van der Waals surface area contributed by atoms with Crippen LogP contribution in [0.5, 0.6) is 0 Å². The highest BCUT2D eigenvalue weighted by molar-refractivity contribution is 6.17. The Morgan fingerprint density at radius 2 is 1.56 bits per heavy atom. The summed E-state index contributed by atoms with van der Waals surface area (Å²) >= 11 is 5.68. The minimum absolute atomic E-state index is 0.00309. The highest BCUT2D eigenvalue weighted by Crippen LogP contribution is 2.40. The summed E-state index contributed by atoms with van der Waals surface area (Å²) in [6, 6.07) is 10.8. The number of ether oxygens (including phenoxy) is 1. The molecule has 2 amide bonds. The van der Waals surface area contributed by atoms with Crippen molar-refractivity contribution in [3.8, 4) is 0 Å². The van der Waals surface area contributed by atoms with Crippen LogP contribution in [0.3, 0.4) is 0 Å². The molecule has 1 saturated heterocycles. The van der Waals surface area contributed by atoms with Crippen LogP contribution in [0.25, 0.3) is 0 Å². The first-order chi connectivity index (χ1) is 21.3. The Kier molecular flexibility index (Phi) is 11.8. The molecule has 1 heterocycles. The summed E-state index contributed by atoms with van der Waals surface area (Å²) in [5, 5.41) is 3.06. The second-order valence-corrected chi connectivity index (χ2v) is 12.4. The number of benzene rings is 2. The number of amides is 2. The monoisotopic (exact) mass is 660 g/mol. The van der Waals surface area contributed by atoms with E-state index in [1.807, 2.05) is 30.3 Å². The number of likely N-dealkylation sites (tertiary alicyclic amines) is 1.